The Hall–Kier alpha value is -2.04. The van der Waals surface area contributed by atoms with Gasteiger partial charge in [0.25, 0.3) is 0 Å². The molecule has 6 heteroatoms. The van der Waals surface area contributed by atoms with Crippen molar-refractivity contribution in [3.05, 3.63) is 63.6 Å². The summed E-state index contributed by atoms with van der Waals surface area (Å²) in [7, 11) is 0. The smallest absolute Gasteiger partial charge is 0.0715 e. The van der Waals surface area contributed by atoms with Gasteiger partial charge < -0.3 is 9.90 Å². The predicted molar refractivity (Wildman–Crippen MR) is 78.5 cm³/mol. The standard InChI is InChI=1S/C14H10Cl2N2O2/c15-12-3-1-2-10(13(12)16)8-17-18-11-6-4-9(5-7-11)14(19)20/h1-8,18H,(H,19,20)/p-1/b17-8-. The summed E-state index contributed by atoms with van der Waals surface area (Å²) in [6.07, 6.45) is 1.53. The molecule has 0 aliphatic carbocycles. The number of halogens is 2. The molecule has 0 bridgehead atoms. The number of carboxylic acids is 1. The molecule has 2 aromatic carbocycles. The molecule has 4 nitrogen and oxygen atoms in total. The first-order valence-electron chi connectivity index (χ1n) is 5.62. The van der Waals surface area contributed by atoms with E-state index >= 15 is 0 Å². The van der Waals surface area contributed by atoms with E-state index in [1.165, 1.54) is 18.3 Å². The van der Waals surface area contributed by atoms with E-state index in [2.05, 4.69) is 10.5 Å². The van der Waals surface area contributed by atoms with Gasteiger partial charge >= 0.3 is 0 Å². The Morgan fingerprint density at radius 2 is 1.85 bits per heavy atom. The number of carbonyl (C=O) groups excluding carboxylic acids is 1. The zero-order chi connectivity index (χ0) is 14.5. The maximum Gasteiger partial charge on any atom is 0.0715 e. The highest BCUT2D eigenvalue weighted by Gasteiger charge is 2.01. The Morgan fingerprint density at radius 1 is 1.15 bits per heavy atom. The molecule has 20 heavy (non-hydrogen) atoms. The number of carbonyl (C=O) groups is 1. The molecule has 0 spiro atoms. The fourth-order valence-corrected chi connectivity index (χ4v) is 1.83. The normalized spacial score (nSPS) is 10.7. The molecule has 0 aliphatic rings. The molecule has 0 unspecified atom stereocenters. The Labute approximate surface area is 125 Å². The first-order chi connectivity index (χ1) is 9.58. The lowest BCUT2D eigenvalue weighted by molar-refractivity contribution is -0.255. The van der Waals surface area contributed by atoms with Gasteiger partial charge in [-0.3, -0.25) is 5.43 Å². The largest absolute Gasteiger partial charge is 0.545 e. The van der Waals surface area contributed by atoms with Crippen molar-refractivity contribution >= 4 is 41.1 Å². The van der Waals surface area contributed by atoms with Gasteiger partial charge in [-0.25, -0.2) is 0 Å². The molecule has 2 rings (SSSR count). The van der Waals surface area contributed by atoms with Gasteiger partial charge in [-0.1, -0.05) is 47.5 Å². The molecule has 2 aromatic rings. The van der Waals surface area contributed by atoms with E-state index in [9.17, 15) is 9.90 Å². The van der Waals surface area contributed by atoms with Crippen LogP contribution in [-0.2, 0) is 0 Å². The molecular formula is C14H9Cl2N2O2-. The molecule has 1 N–H and O–H groups in total. The van der Waals surface area contributed by atoms with Crippen LogP contribution in [0.4, 0.5) is 5.69 Å². The van der Waals surface area contributed by atoms with Crippen LogP contribution in [0.25, 0.3) is 0 Å². The molecule has 0 atom stereocenters. The molecule has 102 valence electrons. The summed E-state index contributed by atoms with van der Waals surface area (Å²) >= 11 is 11.9. The Balaban J connectivity index is 2.06. The van der Waals surface area contributed by atoms with Gasteiger partial charge in [-0.15, -0.1) is 0 Å². The summed E-state index contributed by atoms with van der Waals surface area (Å²) < 4.78 is 0. The molecule has 0 saturated carbocycles. The zero-order valence-electron chi connectivity index (χ0n) is 10.1. The average Bonchev–Trinajstić information content (AvgIpc) is 2.44. The summed E-state index contributed by atoms with van der Waals surface area (Å²) in [5.74, 6) is -1.22. The third-order valence-electron chi connectivity index (χ3n) is 2.50. The molecule has 0 heterocycles. The van der Waals surface area contributed by atoms with Crippen molar-refractivity contribution < 1.29 is 9.90 Å². The van der Waals surface area contributed by atoms with Crippen LogP contribution in [0.15, 0.2) is 47.6 Å². The zero-order valence-corrected chi connectivity index (χ0v) is 11.7. The highest BCUT2D eigenvalue weighted by atomic mass is 35.5. The topological polar surface area (TPSA) is 64.5 Å². The van der Waals surface area contributed by atoms with Crippen molar-refractivity contribution in [2.75, 3.05) is 5.43 Å². The van der Waals surface area contributed by atoms with E-state index in [-0.39, 0.29) is 5.56 Å². The van der Waals surface area contributed by atoms with Crippen LogP contribution in [0.1, 0.15) is 15.9 Å². The summed E-state index contributed by atoms with van der Waals surface area (Å²) in [4.78, 5) is 10.6. The summed E-state index contributed by atoms with van der Waals surface area (Å²) in [5, 5.41) is 15.5. The highest BCUT2D eigenvalue weighted by Crippen LogP contribution is 2.24. The molecule has 0 aliphatic heterocycles. The van der Waals surface area contributed by atoms with Crippen LogP contribution in [0.3, 0.4) is 0 Å². The first kappa shape index (κ1) is 14.4. The van der Waals surface area contributed by atoms with E-state index < -0.39 is 5.97 Å². The second-order valence-corrected chi connectivity index (χ2v) is 4.66. The highest BCUT2D eigenvalue weighted by molar-refractivity contribution is 6.43. The van der Waals surface area contributed by atoms with E-state index in [4.69, 9.17) is 23.2 Å². The van der Waals surface area contributed by atoms with Crippen molar-refractivity contribution in [3.8, 4) is 0 Å². The quantitative estimate of drug-likeness (QED) is 0.698. The van der Waals surface area contributed by atoms with E-state index in [1.54, 1.807) is 30.3 Å². The Bertz CT molecular complexity index is 655. The maximum atomic E-state index is 10.6. The number of nitrogens with zero attached hydrogens (tertiary/aromatic N) is 1. The molecular weight excluding hydrogens is 299 g/mol. The van der Waals surface area contributed by atoms with Crippen LogP contribution in [-0.4, -0.2) is 12.2 Å². The number of hydrogen-bond donors (Lipinski definition) is 1. The monoisotopic (exact) mass is 307 g/mol. The third kappa shape index (κ3) is 3.50. The molecule has 0 amide bonds. The minimum atomic E-state index is -1.22. The Morgan fingerprint density at radius 3 is 2.50 bits per heavy atom. The third-order valence-corrected chi connectivity index (χ3v) is 3.33. The van der Waals surface area contributed by atoms with Gasteiger partial charge in [-0.05, 0) is 23.8 Å². The van der Waals surface area contributed by atoms with Crippen molar-refractivity contribution in [2.45, 2.75) is 0 Å². The second-order valence-electron chi connectivity index (χ2n) is 3.88. The van der Waals surface area contributed by atoms with Gasteiger partial charge in [0.1, 0.15) is 0 Å². The SMILES string of the molecule is O=C([O-])c1ccc(N/N=C\c2cccc(Cl)c2Cl)cc1. The maximum absolute atomic E-state index is 10.6. The van der Waals surface area contributed by atoms with Crippen molar-refractivity contribution in [2.24, 2.45) is 5.10 Å². The van der Waals surface area contributed by atoms with Crippen LogP contribution < -0.4 is 10.5 Å². The lowest BCUT2D eigenvalue weighted by Gasteiger charge is -2.04. The lowest BCUT2D eigenvalue weighted by Crippen LogP contribution is -2.21. The van der Waals surface area contributed by atoms with Crippen molar-refractivity contribution in [3.63, 3.8) is 0 Å². The van der Waals surface area contributed by atoms with E-state index in [0.29, 0.717) is 21.3 Å². The number of carboxylic acid groups (broad SMARTS) is 1. The molecule has 0 radical (unpaired) electrons. The fraction of sp³-hybridized carbons (Fsp3) is 0. The number of benzene rings is 2. The number of aromatic carboxylic acids is 1. The molecule has 0 saturated heterocycles. The second kappa shape index (κ2) is 6.41. The number of hydrazone groups is 1. The van der Waals surface area contributed by atoms with Crippen LogP contribution in [0, 0.1) is 0 Å². The van der Waals surface area contributed by atoms with Gasteiger partial charge in [-0.2, -0.15) is 5.10 Å². The summed E-state index contributed by atoms with van der Waals surface area (Å²) in [5.41, 5.74) is 4.19. The van der Waals surface area contributed by atoms with Crippen molar-refractivity contribution in [1.82, 2.24) is 0 Å². The van der Waals surface area contributed by atoms with Gasteiger partial charge in [0.2, 0.25) is 0 Å². The Kier molecular flexibility index (Phi) is 4.61. The number of anilines is 1. The van der Waals surface area contributed by atoms with Gasteiger partial charge in [0.15, 0.2) is 0 Å². The first-order valence-corrected chi connectivity index (χ1v) is 6.38. The number of hydrogen-bond acceptors (Lipinski definition) is 4. The average molecular weight is 308 g/mol. The van der Waals surface area contributed by atoms with Gasteiger partial charge in [0.05, 0.1) is 27.9 Å². The van der Waals surface area contributed by atoms with E-state index in [1.807, 2.05) is 0 Å². The van der Waals surface area contributed by atoms with Crippen LogP contribution in [0.2, 0.25) is 10.0 Å². The fourth-order valence-electron chi connectivity index (χ4n) is 1.48. The molecule has 0 fully saturated rings. The lowest BCUT2D eigenvalue weighted by atomic mass is 10.2. The number of nitrogens with one attached hydrogen (secondary N) is 1. The van der Waals surface area contributed by atoms with Crippen LogP contribution in [0.5, 0.6) is 0 Å². The van der Waals surface area contributed by atoms with E-state index in [0.717, 1.165) is 0 Å². The summed E-state index contributed by atoms with van der Waals surface area (Å²) in [6.45, 7) is 0. The van der Waals surface area contributed by atoms with Crippen LogP contribution >= 0.6 is 23.2 Å². The summed E-state index contributed by atoms with van der Waals surface area (Å²) in [6, 6.07) is 11.3. The minimum absolute atomic E-state index is 0.109. The predicted octanol–water partition coefficient (Wildman–Crippen LogP) is 2.80. The minimum Gasteiger partial charge on any atom is -0.545 e. The molecule has 0 aromatic heterocycles. The van der Waals surface area contributed by atoms with Gasteiger partial charge in [0, 0.05) is 5.56 Å². The number of rotatable bonds is 4. The van der Waals surface area contributed by atoms with Crippen molar-refractivity contribution in [1.29, 1.82) is 0 Å².